The highest BCUT2D eigenvalue weighted by atomic mass is 35.5. The van der Waals surface area contributed by atoms with Crippen molar-refractivity contribution >= 4 is 50.6 Å². The van der Waals surface area contributed by atoms with Crippen molar-refractivity contribution < 1.29 is 0 Å². The van der Waals surface area contributed by atoms with Crippen molar-refractivity contribution in [2.75, 3.05) is 0 Å². The van der Waals surface area contributed by atoms with Gasteiger partial charge in [-0.15, -0.1) is 16.4 Å². The first-order chi connectivity index (χ1) is 10.3. The number of benzene rings is 1. The summed E-state index contributed by atoms with van der Waals surface area (Å²) in [5.41, 5.74) is 0. The molecule has 0 fully saturated rings. The Hall–Kier alpha value is -1.63. The number of nitrogens with zero attached hydrogens (tertiary/aromatic N) is 4. The fraction of sp³-hybridized carbons (Fsp3) is 0.0714. The van der Waals surface area contributed by atoms with Crippen molar-refractivity contribution in [1.29, 1.82) is 0 Å². The highest BCUT2D eigenvalue weighted by Gasteiger charge is 2.12. The van der Waals surface area contributed by atoms with Gasteiger partial charge in [0, 0.05) is 33.1 Å². The van der Waals surface area contributed by atoms with E-state index in [9.17, 15) is 0 Å². The largest absolute Gasteiger partial charge is 0.253 e. The summed E-state index contributed by atoms with van der Waals surface area (Å²) in [5, 5.41) is 7.04. The maximum absolute atomic E-state index is 6.44. The number of rotatable bonds is 3. The van der Waals surface area contributed by atoms with E-state index >= 15 is 0 Å². The second-order valence-corrected chi connectivity index (χ2v) is 6.84. The topological polar surface area (TPSA) is 43.1 Å². The Bertz CT molecular complexity index is 898. The molecule has 0 N–H and O–H groups in total. The minimum absolute atomic E-state index is 0.613. The molecule has 0 aliphatic heterocycles. The van der Waals surface area contributed by atoms with E-state index in [4.69, 9.17) is 11.6 Å². The summed E-state index contributed by atoms with van der Waals surface area (Å²) in [6.07, 6.45) is 3.55. The zero-order valence-electron chi connectivity index (χ0n) is 10.7. The van der Waals surface area contributed by atoms with Crippen LogP contribution in [0.5, 0.6) is 0 Å². The van der Waals surface area contributed by atoms with Crippen LogP contribution in [0, 0.1) is 0 Å². The van der Waals surface area contributed by atoms with Crippen LogP contribution in [-0.4, -0.2) is 19.6 Å². The third kappa shape index (κ3) is 2.39. The second-order valence-electron chi connectivity index (χ2n) is 4.38. The molecule has 3 aromatic heterocycles. The summed E-state index contributed by atoms with van der Waals surface area (Å²) in [6, 6.07) is 10.0. The zero-order chi connectivity index (χ0) is 14.2. The molecule has 4 rings (SSSR count). The standard InChI is InChI=1S/C14H9ClN4S2/c15-12-9-4-1-2-5-10(9)21-11(12)8-20-14-17-13-16-6-3-7-19(13)18-14/h1-7H,8H2. The summed E-state index contributed by atoms with van der Waals surface area (Å²) >= 11 is 9.73. The molecule has 0 aliphatic carbocycles. The number of thioether (sulfide) groups is 1. The van der Waals surface area contributed by atoms with Gasteiger partial charge in [-0.2, -0.15) is 4.98 Å². The summed E-state index contributed by atoms with van der Waals surface area (Å²) < 4.78 is 2.89. The molecule has 21 heavy (non-hydrogen) atoms. The number of thiophene rings is 1. The van der Waals surface area contributed by atoms with Crippen LogP contribution in [0.1, 0.15) is 4.88 Å². The van der Waals surface area contributed by atoms with Crippen molar-refractivity contribution in [3.05, 3.63) is 52.6 Å². The van der Waals surface area contributed by atoms with Crippen molar-refractivity contribution in [3.63, 3.8) is 0 Å². The van der Waals surface area contributed by atoms with Gasteiger partial charge in [-0.25, -0.2) is 9.50 Å². The number of hydrogen-bond donors (Lipinski definition) is 0. The molecule has 0 saturated heterocycles. The lowest BCUT2D eigenvalue weighted by molar-refractivity contribution is 0.879. The maximum Gasteiger partial charge on any atom is 0.253 e. The normalized spacial score (nSPS) is 11.5. The molecular weight excluding hydrogens is 324 g/mol. The second kappa shape index (κ2) is 5.29. The van der Waals surface area contributed by atoms with E-state index in [1.54, 1.807) is 33.8 Å². The van der Waals surface area contributed by atoms with Gasteiger partial charge in [0.2, 0.25) is 5.16 Å². The molecule has 3 heterocycles. The van der Waals surface area contributed by atoms with Crippen molar-refractivity contribution in [1.82, 2.24) is 19.6 Å². The fourth-order valence-electron chi connectivity index (χ4n) is 2.06. The third-order valence-corrected chi connectivity index (χ3v) is 5.79. The van der Waals surface area contributed by atoms with Gasteiger partial charge in [-0.3, -0.25) is 0 Å². The molecule has 0 radical (unpaired) electrons. The molecule has 0 bridgehead atoms. The average Bonchev–Trinajstić information content (AvgIpc) is 3.07. The van der Waals surface area contributed by atoms with Crippen LogP contribution in [0.3, 0.4) is 0 Å². The molecule has 0 saturated carbocycles. The maximum atomic E-state index is 6.44. The summed E-state index contributed by atoms with van der Waals surface area (Å²) in [6.45, 7) is 0. The van der Waals surface area contributed by atoms with E-state index in [0.717, 1.165) is 21.0 Å². The van der Waals surface area contributed by atoms with Gasteiger partial charge in [0.1, 0.15) is 0 Å². The molecule has 4 aromatic rings. The first kappa shape index (κ1) is 13.1. The predicted octanol–water partition coefficient (Wildman–Crippen LogP) is 4.28. The highest BCUT2D eigenvalue weighted by molar-refractivity contribution is 7.98. The summed E-state index contributed by atoms with van der Waals surface area (Å²) in [7, 11) is 0. The fourth-order valence-corrected chi connectivity index (χ4v) is 4.55. The van der Waals surface area contributed by atoms with Crippen LogP contribution < -0.4 is 0 Å². The van der Waals surface area contributed by atoms with Crippen LogP contribution in [0.2, 0.25) is 5.02 Å². The van der Waals surface area contributed by atoms with Gasteiger partial charge in [-0.1, -0.05) is 41.6 Å². The molecular formula is C14H9ClN4S2. The van der Waals surface area contributed by atoms with Crippen LogP contribution in [-0.2, 0) is 5.75 Å². The molecule has 0 atom stereocenters. The van der Waals surface area contributed by atoms with Crippen LogP contribution in [0.25, 0.3) is 15.9 Å². The minimum atomic E-state index is 0.613. The molecule has 4 nitrogen and oxygen atoms in total. The molecule has 7 heteroatoms. The minimum Gasteiger partial charge on any atom is -0.220 e. The number of aromatic nitrogens is 4. The smallest absolute Gasteiger partial charge is 0.220 e. The van der Waals surface area contributed by atoms with Crippen LogP contribution >= 0.6 is 34.7 Å². The quantitative estimate of drug-likeness (QED) is 0.525. The molecule has 0 spiro atoms. The van der Waals surface area contributed by atoms with E-state index in [2.05, 4.69) is 27.2 Å². The average molecular weight is 333 g/mol. The lowest BCUT2D eigenvalue weighted by Crippen LogP contribution is -1.87. The van der Waals surface area contributed by atoms with Gasteiger partial charge >= 0.3 is 0 Å². The lowest BCUT2D eigenvalue weighted by Gasteiger charge is -1.94. The van der Waals surface area contributed by atoms with Crippen molar-refractivity contribution in [2.24, 2.45) is 0 Å². The summed E-state index contributed by atoms with van der Waals surface area (Å²) in [5.74, 6) is 1.37. The SMILES string of the molecule is Clc1c(CSc2nc3ncccn3n2)sc2ccccc12. The molecule has 104 valence electrons. The molecule has 0 unspecified atom stereocenters. The number of fused-ring (bicyclic) bond motifs is 2. The Balaban J connectivity index is 1.61. The van der Waals surface area contributed by atoms with E-state index in [1.165, 1.54) is 4.70 Å². The third-order valence-electron chi connectivity index (χ3n) is 3.03. The van der Waals surface area contributed by atoms with Crippen molar-refractivity contribution in [2.45, 2.75) is 10.9 Å². The Morgan fingerprint density at radius 3 is 3.00 bits per heavy atom. The van der Waals surface area contributed by atoms with E-state index < -0.39 is 0 Å². The first-order valence-electron chi connectivity index (χ1n) is 6.27. The van der Waals surface area contributed by atoms with Gasteiger partial charge < -0.3 is 0 Å². The van der Waals surface area contributed by atoms with E-state index in [-0.39, 0.29) is 0 Å². The molecule has 1 aromatic carbocycles. The van der Waals surface area contributed by atoms with Crippen LogP contribution in [0.4, 0.5) is 0 Å². The zero-order valence-corrected chi connectivity index (χ0v) is 13.1. The predicted molar refractivity (Wildman–Crippen MR) is 87.2 cm³/mol. The highest BCUT2D eigenvalue weighted by Crippen LogP contribution is 2.38. The van der Waals surface area contributed by atoms with E-state index in [0.29, 0.717) is 10.9 Å². The Morgan fingerprint density at radius 2 is 2.14 bits per heavy atom. The molecule has 0 amide bonds. The monoisotopic (exact) mass is 332 g/mol. The Labute approximate surface area is 133 Å². The summed E-state index contributed by atoms with van der Waals surface area (Å²) in [4.78, 5) is 9.69. The Kier molecular flexibility index (Phi) is 3.29. The van der Waals surface area contributed by atoms with Gasteiger partial charge in [0.05, 0.1) is 5.02 Å². The van der Waals surface area contributed by atoms with Crippen molar-refractivity contribution in [3.8, 4) is 0 Å². The van der Waals surface area contributed by atoms with Gasteiger partial charge in [-0.05, 0) is 12.1 Å². The lowest BCUT2D eigenvalue weighted by atomic mass is 10.2. The van der Waals surface area contributed by atoms with Gasteiger partial charge in [0.25, 0.3) is 5.78 Å². The number of halogens is 1. The van der Waals surface area contributed by atoms with E-state index in [1.807, 2.05) is 24.4 Å². The van der Waals surface area contributed by atoms with Gasteiger partial charge in [0.15, 0.2) is 0 Å². The Morgan fingerprint density at radius 1 is 1.24 bits per heavy atom. The first-order valence-corrected chi connectivity index (χ1v) is 8.45. The van der Waals surface area contributed by atoms with Crippen LogP contribution in [0.15, 0.2) is 47.9 Å². The number of hydrogen-bond acceptors (Lipinski definition) is 5. The molecule has 0 aliphatic rings.